The van der Waals surface area contributed by atoms with E-state index in [-0.39, 0.29) is 28.5 Å². The quantitative estimate of drug-likeness (QED) is 0.439. The summed E-state index contributed by atoms with van der Waals surface area (Å²) in [7, 11) is 0. The first-order valence-electron chi connectivity index (χ1n) is 5.80. The number of aryl methyl sites for hydroxylation is 1. The van der Waals surface area contributed by atoms with Gasteiger partial charge in [-0.1, -0.05) is 0 Å². The fourth-order valence-electron chi connectivity index (χ4n) is 1.55. The number of phenols is 1. The molecule has 0 bridgehead atoms. The lowest BCUT2D eigenvalue weighted by Gasteiger charge is -2.01. The van der Waals surface area contributed by atoms with E-state index < -0.39 is 4.92 Å². The number of aromatic hydroxyl groups is 1. The molecule has 0 spiro atoms. The molecule has 0 saturated carbocycles. The molecule has 0 fully saturated rings. The Bertz CT molecular complexity index is 768. The summed E-state index contributed by atoms with van der Waals surface area (Å²) in [6, 6.07) is 4.88. The van der Waals surface area contributed by atoms with Crippen LogP contribution in [0.5, 0.6) is 5.75 Å². The highest BCUT2D eigenvalue weighted by molar-refractivity contribution is 5.84. The number of nitrogens with one attached hydrogen (secondary N) is 2. The highest BCUT2D eigenvalue weighted by atomic mass is 16.6. The highest BCUT2D eigenvalue weighted by Crippen LogP contribution is 2.21. The van der Waals surface area contributed by atoms with Gasteiger partial charge in [-0.05, 0) is 13.0 Å². The monoisotopic (exact) mass is 289 g/mol. The Kier molecular flexibility index (Phi) is 3.93. The third-order valence-corrected chi connectivity index (χ3v) is 2.47. The van der Waals surface area contributed by atoms with Crippen molar-refractivity contribution < 1.29 is 10.0 Å². The van der Waals surface area contributed by atoms with Crippen molar-refractivity contribution in [2.24, 2.45) is 5.10 Å². The van der Waals surface area contributed by atoms with Gasteiger partial charge in [0.05, 0.1) is 11.1 Å². The van der Waals surface area contributed by atoms with Crippen LogP contribution in [-0.4, -0.2) is 26.2 Å². The first-order chi connectivity index (χ1) is 9.95. The van der Waals surface area contributed by atoms with Crippen molar-refractivity contribution in [3.05, 3.63) is 56.0 Å². The van der Waals surface area contributed by atoms with Crippen LogP contribution in [0.25, 0.3) is 0 Å². The van der Waals surface area contributed by atoms with E-state index in [1.807, 2.05) is 0 Å². The molecule has 0 amide bonds. The van der Waals surface area contributed by atoms with Crippen molar-refractivity contribution in [1.29, 1.82) is 0 Å². The first kappa shape index (κ1) is 14.2. The summed E-state index contributed by atoms with van der Waals surface area (Å²) in [5.74, 6) is -0.0296. The highest BCUT2D eigenvalue weighted by Gasteiger charge is 2.08. The molecule has 3 N–H and O–H groups in total. The predicted octanol–water partition coefficient (Wildman–Crippen LogP) is 1.14. The Morgan fingerprint density at radius 3 is 2.90 bits per heavy atom. The second-order valence-corrected chi connectivity index (χ2v) is 4.11. The summed E-state index contributed by atoms with van der Waals surface area (Å²) < 4.78 is 0. The number of hydrogen-bond donors (Lipinski definition) is 3. The fraction of sp³-hybridized carbons (Fsp3) is 0.0833. The Morgan fingerprint density at radius 1 is 1.48 bits per heavy atom. The van der Waals surface area contributed by atoms with Gasteiger partial charge in [-0.2, -0.15) is 5.10 Å². The molecule has 1 aromatic carbocycles. The fourth-order valence-corrected chi connectivity index (χ4v) is 1.55. The largest absolute Gasteiger partial charge is 0.507 e. The summed E-state index contributed by atoms with van der Waals surface area (Å²) in [5.41, 5.74) is 2.64. The van der Waals surface area contributed by atoms with Gasteiger partial charge in [-0.3, -0.25) is 19.9 Å². The van der Waals surface area contributed by atoms with Crippen molar-refractivity contribution in [1.82, 2.24) is 9.97 Å². The van der Waals surface area contributed by atoms with E-state index in [1.165, 1.54) is 30.5 Å². The maximum Gasteiger partial charge on any atom is 0.270 e. The van der Waals surface area contributed by atoms with E-state index in [0.717, 1.165) is 0 Å². The normalized spacial score (nSPS) is 10.7. The molecule has 1 heterocycles. The van der Waals surface area contributed by atoms with Crippen LogP contribution in [0.3, 0.4) is 0 Å². The molecule has 0 aliphatic heterocycles. The number of benzene rings is 1. The molecule has 9 heteroatoms. The lowest BCUT2D eigenvalue weighted by atomic mass is 10.2. The number of aromatic nitrogens is 2. The van der Waals surface area contributed by atoms with Crippen LogP contribution >= 0.6 is 0 Å². The van der Waals surface area contributed by atoms with Crippen molar-refractivity contribution in [3.63, 3.8) is 0 Å². The second-order valence-electron chi connectivity index (χ2n) is 4.11. The SMILES string of the molecule is Cc1cc(=O)[nH]c(N/N=C/c2cc([N+](=O)[O-])ccc2O)n1. The van der Waals surface area contributed by atoms with Crippen LogP contribution in [0.2, 0.25) is 0 Å². The number of aromatic amines is 1. The average Bonchev–Trinajstić information content (AvgIpc) is 2.39. The van der Waals surface area contributed by atoms with E-state index in [2.05, 4.69) is 20.5 Å². The minimum Gasteiger partial charge on any atom is -0.507 e. The van der Waals surface area contributed by atoms with Crippen LogP contribution in [0.4, 0.5) is 11.6 Å². The Balaban J connectivity index is 2.19. The summed E-state index contributed by atoms with van der Waals surface area (Å²) in [4.78, 5) is 27.7. The molecule has 21 heavy (non-hydrogen) atoms. The molecule has 0 saturated heterocycles. The lowest BCUT2D eigenvalue weighted by Crippen LogP contribution is -2.10. The van der Waals surface area contributed by atoms with Gasteiger partial charge in [0.2, 0.25) is 5.95 Å². The zero-order valence-corrected chi connectivity index (χ0v) is 10.9. The number of non-ortho nitro benzene ring substituents is 1. The maximum absolute atomic E-state index is 11.2. The minimum absolute atomic E-state index is 0.126. The first-order valence-corrected chi connectivity index (χ1v) is 5.80. The van der Waals surface area contributed by atoms with Gasteiger partial charge in [-0.15, -0.1) is 0 Å². The number of nitro groups is 1. The zero-order chi connectivity index (χ0) is 15.4. The maximum atomic E-state index is 11.2. The van der Waals surface area contributed by atoms with E-state index in [4.69, 9.17) is 0 Å². The Morgan fingerprint density at radius 2 is 2.24 bits per heavy atom. The van der Waals surface area contributed by atoms with Crippen molar-refractivity contribution in [3.8, 4) is 5.75 Å². The van der Waals surface area contributed by atoms with Gasteiger partial charge in [0.1, 0.15) is 5.75 Å². The smallest absolute Gasteiger partial charge is 0.270 e. The van der Waals surface area contributed by atoms with Crippen LogP contribution in [-0.2, 0) is 0 Å². The number of hydrazone groups is 1. The van der Waals surface area contributed by atoms with E-state index in [1.54, 1.807) is 6.92 Å². The molecule has 1 aromatic heterocycles. The number of hydrogen-bond acceptors (Lipinski definition) is 7. The molecule has 0 aliphatic carbocycles. The van der Waals surface area contributed by atoms with Crippen molar-refractivity contribution >= 4 is 17.9 Å². The summed E-state index contributed by atoms with van der Waals surface area (Å²) in [6.07, 6.45) is 1.19. The number of rotatable bonds is 4. The number of phenolic OH excluding ortho intramolecular Hbond substituents is 1. The van der Waals surface area contributed by atoms with Gasteiger partial charge in [0.25, 0.3) is 11.2 Å². The van der Waals surface area contributed by atoms with E-state index in [9.17, 15) is 20.0 Å². The van der Waals surface area contributed by atoms with Gasteiger partial charge < -0.3 is 5.11 Å². The second kappa shape index (κ2) is 5.82. The topological polar surface area (TPSA) is 134 Å². The third-order valence-electron chi connectivity index (χ3n) is 2.47. The van der Waals surface area contributed by atoms with Crippen LogP contribution in [0.15, 0.2) is 34.2 Å². The average molecular weight is 289 g/mol. The molecule has 0 aliphatic rings. The Hall–Kier alpha value is -3.23. The summed E-state index contributed by atoms with van der Waals surface area (Å²) >= 11 is 0. The minimum atomic E-state index is -0.580. The van der Waals surface area contributed by atoms with Crippen molar-refractivity contribution in [2.75, 3.05) is 5.43 Å². The van der Waals surface area contributed by atoms with Crippen LogP contribution < -0.4 is 11.0 Å². The zero-order valence-electron chi connectivity index (χ0n) is 10.9. The number of H-pyrrole nitrogens is 1. The lowest BCUT2D eigenvalue weighted by molar-refractivity contribution is -0.384. The predicted molar refractivity (Wildman–Crippen MR) is 75.6 cm³/mol. The molecule has 0 unspecified atom stereocenters. The van der Waals surface area contributed by atoms with E-state index >= 15 is 0 Å². The van der Waals surface area contributed by atoms with Gasteiger partial charge in [0, 0.05) is 29.5 Å². The van der Waals surface area contributed by atoms with Crippen LogP contribution in [0, 0.1) is 17.0 Å². The number of nitro benzene ring substituents is 1. The third kappa shape index (κ3) is 3.62. The van der Waals surface area contributed by atoms with Crippen LogP contribution in [0.1, 0.15) is 11.3 Å². The molecule has 0 radical (unpaired) electrons. The molecule has 9 nitrogen and oxygen atoms in total. The standard InChI is InChI=1S/C12H11N5O4/c1-7-4-11(19)15-12(14-7)16-13-6-8-5-9(17(20)21)2-3-10(8)18/h2-6,18H,1H3,(H2,14,15,16,19)/b13-6+. The summed E-state index contributed by atoms with van der Waals surface area (Å²) in [6.45, 7) is 1.65. The molecule has 108 valence electrons. The van der Waals surface area contributed by atoms with Gasteiger partial charge in [0.15, 0.2) is 0 Å². The molecule has 0 atom stereocenters. The molecule has 2 rings (SSSR count). The molecular formula is C12H11N5O4. The van der Waals surface area contributed by atoms with Gasteiger partial charge >= 0.3 is 0 Å². The number of anilines is 1. The Labute approximate surface area is 118 Å². The van der Waals surface area contributed by atoms with E-state index in [0.29, 0.717) is 5.69 Å². The summed E-state index contributed by atoms with van der Waals surface area (Å²) in [5, 5.41) is 24.0. The molecular weight excluding hydrogens is 278 g/mol. The molecule has 2 aromatic rings. The van der Waals surface area contributed by atoms with Crippen molar-refractivity contribution in [2.45, 2.75) is 6.92 Å². The number of nitrogens with zero attached hydrogens (tertiary/aromatic N) is 3. The van der Waals surface area contributed by atoms with Gasteiger partial charge in [-0.25, -0.2) is 10.4 Å².